The van der Waals surface area contributed by atoms with Gasteiger partial charge in [0.1, 0.15) is 5.82 Å². The molecule has 4 rings (SSSR count). The van der Waals surface area contributed by atoms with Gasteiger partial charge < -0.3 is 10.2 Å². The van der Waals surface area contributed by atoms with E-state index < -0.39 is 0 Å². The van der Waals surface area contributed by atoms with Crippen molar-refractivity contribution in [2.75, 3.05) is 11.9 Å². The monoisotopic (exact) mass is 367 g/mol. The number of carbonyl (C=O) groups excluding carboxylic acids is 1. The number of carbonyl (C=O) groups is 1. The lowest BCUT2D eigenvalue weighted by molar-refractivity contribution is 0.0748. The van der Waals surface area contributed by atoms with E-state index in [9.17, 15) is 4.79 Å². The van der Waals surface area contributed by atoms with E-state index in [1.165, 1.54) is 25.0 Å². The van der Waals surface area contributed by atoms with Crippen molar-refractivity contribution in [2.24, 2.45) is 5.92 Å². The van der Waals surface area contributed by atoms with E-state index in [2.05, 4.69) is 16.4 Å². The van der Waals surface area contributed by atoms with E-state index in [0.717, 1.165) is 25.1 Å². The van der Waals surface area contributed by atoms with Crippen LogP contribution in [0.1, 0.15) is 42.5 Å². The minimum absolute atomic E-state index is 0.0633. The van der Waals surface area contributed by atoms with Crippen molar-refractivity contribution >= 4 is 29.0 Å². The molecule has 1 fully saturated rings. The highest BCUT2D eigenvalue weighted by molar-refractivity contribution is 6.30. The van der Waals surface area contributed by atoms with Gasteiger partial charge in [-0.1, -0.05) is 17.7 Å². The van der Waals surface area contributed by atoms with Crippen molar-refractivity contribution in [2.45, 2.75) is 32.1 Å². The molecule has 5 heteroatoms. The summed E-state index contributed by atoms with van der Waals surface area (Å²) in [6, 6.07) is 11.1. The zero-order chi connectivity index (χ0) is 17.9. The Balaban J connectivity index is 1.48. The predicted octanol–water partition coefficient (Wildman–Crippen LogP) is 5.40. The first-order valence-electron chi connectivity index (χ1n) is 9.21. The van der Waals surface area contributed by atoms with Crippen LogP contribution in [0.5, 0.6) is 0 Å². The van der Waals surface area contributed by atoms with Crippen LogP contribution in [0.25, 0.3) is 0 Å². The number of anilines is 2. The molecule has 26 heavy (non-hydrogen) atoms. The fourth-order valence-electron chi connectivity index (χ4n) is 3.83. The number of fused-ring (bicyclic) bond motifs is 1. The van der Waals surface area contributed by atoms with E-state index in [0.29, 0.717) is 22.3 Å². The van der Waals surface area contributed by atoms with Crippen LogP contribution in [0, 0.1) is 5.92 Å². The number of benzene rings is 1. The summed E-state index contributed by atoms with van der Waals surface area (Å²) in [7, 11) is 0. The van der Waals surface area contributed by atoms with Gasteiger partial charge in [0.2, 0.25) is 0 Å². The Labute approximate surface area is 158 Å². The first kappa shape index (κ1) is 17.1. The first-order valence-corrected chi connectivity index (χ1v) is 9.59. The van der Waals surface area contributed by atoms with Crippen LogP contribution in [0.15, 0.2) is 54.4 Å². The molecule has 2 aromatic rings. The number of halogens is 1. The van der Waals surface area contributed by atoms with Crippen molar-refractivity contribution < 1.29 is 4.79 Å². The molecule has 1 aliphatic heterocycles. The van der Waals surface area contributed by atoms with Crippen molar-refractivity contribution in [1.82, 2.24) is 9.88 Å². The Kier molecular flexibility index (Phi) is 4.93. The molecular weight excluding hydrogens is 346 g/mol. The number of aromatic nitrogens is 1. The molecule has 0 bridgehead atoms. The highest BCUT2D eigenvalue weighted by atomic mass is 35.5. The highest BCUT2D eigenvalue weighted by Gasteiger charge is 2.30. The second-order valence-electron chi connectivity index (χ2n) is 6.92. The number of amides is 1. The lowest BCUT2D eigenvalue weighted by atomic mass is 9.84. The Morgan fingerprint density at radius 3 is 2.69 bits per heavy atom. The van der Waals surface area contributed by atoms with Crippen molar-refractivity contribution in [3.63, 3.8) is 0 Å². The number of pyridine rings is 1. The van der Waals surface area contributed by atoms with E-state index >= 15 is 0 Å². The molecule has 1 saturated heterocycles. The maximum Gasteiger partial charge on any atom is 0.259 e. The topological polar surface area (TPSA) is 45.2 Å². The van der Waals surface area contributed by atoms with Gasteiger partial charge in [-0.25, -0.2) is 4.98 Å². The maximum atomic E-state index is 13.0. The zero-order valence-electron chi connectivity index (χ0n) is 14.6. The quantitative estimate of drug-likeness (QED) is 0.790. The van der Waals surface area contributed by atoms with E-state index in [4.69, 9.17) is 11.6 Å². The summed E-state index contributed by atoms with van der Waals surface area (Å²) < 4.78 is 0. The second-order valence-corrected chi connectivity index (χ2v) is 7.36. The van der Waals surface area contributed by atoms with Crippen LogP contribution in [0.4, 0.5) is 11.5 Å². The van der Waals surface area contributed by atoms with Gasteiger partial charge in [0, 0.05) is 29.1 Å². The fraction of sp³-hybridized carbons (Fsp3) is 0.333. The third kappa shape index (κ3) is 3.61. The molecular formula is C21H22ClN3O. The highest BCUT2D eigenvalue weighted by Crippen LogP contribution is 2.35. The average Bonchev–Trinajstić information content (AvgIpc) is 2.69. The molecule has 0 spiro atoms. The summed E-state index contributed by atoms with van der Waals surface area (Å²) in [5.41, 5.74) is 2.78. The molecule has 0 saturated carbocycles. The minimum Gasteiger partial charge on any atom is -0.340 e. The molecule has 1 N–H and O–H groups in total. The summed E-state index contributed by atoms with van der Waals surface area (Å²) in [5.74, 6) is 1.32. The molecule has 1 aliphatic carbocycles. The lowest BCUT2D eigenvalue weighted by Gasteiger charge is -2.38. The summed E-state index contributed by atoms with van der Waals surface area (Å²) >= 11 is 5.90. The second kappa shape index (κ2) is 7.50. The minimum atomic E-state index is 0.0633. The van der Waals surface area contributed by atoms with Crippen LogP contribution in [0.3, 0.4) is 0 Å². The average molecular weight is 368 g/mol. The van der Waals surface area contributed by atoms with E-state index in [-0.39, 0.29) is 5.91 Å². The summed E-state index contributed by atoms with van der Waals surface area (Å²) in [6.07, 6.45) is 9.73. The van der Waals surface area contributed by atoms with E-state index in [1.54, 1.807) is 6.20 Å². The fourth-order valence-corrected chi connectivity index (χ4v) is 3.95. The van der Waals surface area contributed by atoms with Crippen LogP contribution in [0.2, 0.25) is 5.02 Å². The molecule has 1 amide bonds. The van der Waals surface area contributed by atoms with Gasteiger partial charge in [0.25, 0.3) is 5.91 Å². The van der Waals surface area contributed by atoms with Gasteiger partial charge in [0.05, 0.1) is 5.56 Å². The van der Waals surface area contributed by atoms with Crippen molar-refractivity contribution in [1.29, 1.82) is 0 Å². The predicted molar refractivity (Wildman–Crippen MR) is 105 cm³/mol. The Morgan fingerprint density at radius 1 is 1.12 bits per heavy atom. The van der Waals surface area contributed by atoms with Gasteiger partial charge in [-0.15, -0.1) is 0 Å². The summed E-state index contributed by atoms with van der Waals surface area (Å²) in [5, 5.41) is 3.91. The smallest absolute Gasteiger partial charge is 0.259 e. The number of allylic oxidation sites excluding steroid dienone is 2. The maximum absolute atomic E-state index is 13.0. The molecule has 1 aromatic heterocycles. The van der Waals surface area contributed by atoms with Gasteiger partial charge >= 0.3 is 0 Å². The number of likely N-dealkylation sites (tertiary alicyclic amines) is 1. The molecule has 1 aromatic carbocycles. The van der Waals surface area contributed by atoms with Crippen molar-refractivity contribution in [3.05, 3.63) is 65.0 Å². The van der Waals surface area contributed by atoms with Crippen LogP contribution < -0.4 is 5.32 Å². The molecule has 2 aliphatic rings. The number of rotatable bonds is 3. The molecule has 0 radical (unpaired) electrons. The van der Waals surface area contributed by atoms with Gasteiger partial charge in [-0.2, -0.15) is 0 Å². The first-order chi connectivity index (χ1) is 12.7. The molecule has 1 unspecified atom stereocenters. The normalized spacial score (nSPS) is 19.5. The largest absolute Gasteiger partial charge is 0.340 e. The van der Waals surface area contributed by atoms with Crippen LogP contribution in [-0.2, 0) is 0 Å². The summed E-state index contributed by atoms with van der Waals surface area (Å²) in [4.78, 5) is 19.3. The number of nitrogens with zero attached hydrogens (tertiary/aromatic N) is 2. The molecule has 134 valence electrons. The standard InChI is InChI=1S/C21H22ClN3O/c22-17-8-10-18(11-9-17)24-20-12-7-16(14-23-20)21(26)25-13-3-5-15-4-1-2-6-19(15)25/h6-12,14-15H,1-5,13H2,(H,23,24). The van der Waals surface area contributed by atoms with Crippen LogP contribution in [-0.4, -0.2) is 22.3 Å². The number of nitrogens with one attached hydrogen (secondary N) is 1. The lowest BCUT2D eigenvalue weighted by Crippen LogP contribution is -2.39. The summed E-state index contributed by atoms with van der Waals surface area (Å²) in [6.45, 7) is 0.811. The molecule has 4 nitrogen and oxygen atoms in total. The number of piperidine rings is 1. The molecule has 1 atom stereocenters. The van der Waals surface area contributed by atoms with Gasteiger partial charge in [0.15, 0.2) is 0 Å². The third-order valence-electron chi connectivity index (χ3n) is 5.15. The van der Waals surface area contributed by atoms with E-state index in [1.807, 2.05) is 41.3 Å². The van der Waals surface area contributed by atoms with Crippen LogP contribution >= 0.6 is 11.6 Å². The SMILES string of the molecule is O=C(c1ccc(Nc2ccc(Cl)cc2)nc1)N1CCCC2CCCC=C21. The van der Waals surface area contributed by atoms with Gasteiger partial charge in [-0.05, 0) is 74.4 Å². The number of hydrogen-bond acceptors (Lipinski definition) is 3. The van der Waals surface area contributed by atoms with Gasteiger partial charge in [-0.3, -0.25) is 4.79 Å². The zero-order valence-corrected chi connectivity index (χ0v) is 15.4. The third-order valence-corrected chi connectivity index (χ3v) is 5.40. The van der Waals surface area contributed by atoms with Crippen molar-refractivity contribution in [3.8, 4) is 0 Å². The Morgan fingerprint density at radius 2 is 1.92 bits per heavy atom. The molecule has 2 heterocycles. The Bertz CT molecular complexity index is 814. The number of hydrogen-bond donors (Lipinski definition) is 1. The Hall–Kier alpha value is -2.33.